The molecule has 0 radical (unpaired) electrons. The number of piperazine rings is 1. The predicted molar refractivity (Wildman–Crippen MR) is 92.4 cm³/mol. The number of hydrogen-bond acceptors (Lipinski definition) is 3. The van der Waals surface area contributed by atoms with Crippen molar-refractivity contribution < 1.29 is 9.59 Å². The first kappa shape index (κ1) is 17.3. The maximum Gasteiger partial charge on any atom is 0.312 e. The molecule has 0 aromatic heterocycles. The lowest BCUT2D eigenvalue weighted by Crippen LogP contribution is -2.52. The molecule has 2 amide bonds. The van der Waals surface area contributed by atoms with E-state index in [1.54, 1.807) is 4.90 Å². The van der Waals surface area contributed by atoms with Gasteiger partial charge in [-0.1, -0.05) is 26.0 Å². The van der Waals surface area contributed by atoms with E-state index in [1.165, 1.54) is 11.3 Å². The smallest absolute Gasteiger partial charge is 0.312 e. The van der Waals surface area contributed by atoms with Crippen molar-refractivity contribution in [2.24, 2.45) is 5.92 Å². The molecule has 0 saturated carbocycles. The van der Waals surface area contributed by atoms with Crippen LogP contribution in [0.3, 0.4) is 0 Å². The Labute approximate surface area is 138 Å². The Bertz CT molecular complexity index is 549. The molecule has 0 bridgehead atoms. The molecular formula is C18H27N3O2. The molecule has 1 aromatic carbocycles. The maximum atomic E-state index is 12.2. The standard InChI is InChI=1S/C18H27N3O2/c1-14(2)7-8-19-17(22)18(23)21-11-9-20(10-12-21)16-6-4-5-15(3)13-16/h4-6,13-14H,7-12H2,1-3H3,(H,19,22). The highest BCUT2D eigenvalue weighted by Gasteiger charge is 2.25. The van der Waals surface area contributed by atoms with Crippen LogP contribution < -0.4 is 10.2 Å². The van der Waals surface area contributed by atoms with Crippen LogP contribution in [0.25, 0.3) is 0 Å². The van der Waals surface area contributed by atoms with Crippen molar-refractivity contribution in [3.05, 3.63) is 29.8 Å². The minimum absolute atomic E-state index is 0.405. The SMILES string of the molecule is Cc1cccc(N2CCN(C(=O)C(=O)NCCC(C)C)CC2)c1. The van der Waals surface area contributed by atoms with Crippen molar-refractivity contribution in [3.8, 4) is 0 Å². The molecule has 0 spiro atoms. The van der Waals surface area contributed by atoms with E-state index >= 15 is 0 Å². The Morgan fingerprint density at radius 1 is 1.17 bits per heavy atom. The molecule has 2 rings (SSSR count). The number of aryl methyl sites for hydroxylation is 1. The molecular weight excluding hydrogens is 290 g/mol. The largest absolute Gasteiger partial charge is 0.368 e. The molecule has 1 aliphatic rings. The summed E-state index contributed by atoms with van der Waals surface area (Å²) in [5.74, 6) is -0.365. The van der Waals surface area contributed by atoms with Crippen LogP contribution in [0.2, 0.25) is 0 Å². The Hall–Kier alpha value is -2.04. The van der Waals surface area contributed by atoms with Crippen molar-refractivity contribution in [2.75, 3.05) is 37.6 Å². The van der Waals surface area contributed by atoms with E-state index in [4.69, 9.17) is 0 Å². The van der Waals surface area contributed by atoms with Gasteiger partial charge in [-0.25, -0.2) is 0 Å². The summed E-state index contributed by atoms with van der Waals surface area (Å²) in [6.07, 6.45) is 0.889. The molecule has 0 aliphatic carbocycles. The first-order chi connectivity index (χ1) is 11.0. The van der Waals surface area contributed by atoms with Crippen molar-refractivity contribution >= 4 is 17.5 Å². The molecule has 1 N–H and O–H groups in total. The second kappa shape index (κ2) is 7.99. The van der Waals surface area contributed by atoms with Crippen LogP contribution in [0, 0.1) is 12.8 Å². The third-order valence-corrected chi connectivity index (χ3v) is 4.14. The highest BCUT2D eigenvalue weighted by molar-refractivity contribution is 6.35. The van der Waals surface area contributed by atoms with Crippen LogP contribution in [-0.4, -0.2) is 49.4 Å². The first-order valence-electron chi connectivity index (χ1n) is 8.36. The first-order valence-corrected chi connectivity index (χ1v) is 8.36. The summed E-state index contributed by atoms with van der Waals surface area (Å²) in [5, 5.41) is 2.72. The number of hydrogen-bond donors (Lipinski definition) is 1. The van der Waals surface area contributed by atoms with Gasteiger partial charge in [0.25, 0.3) is 0 Å². The molecule has 1 aromatic rings. The predicted octanol–water partition coefficient (Wildman–Crippen LogP) is 1.81. The fraction of sp³-hybridized carbons (Fsp3) is 0.556. The van der Waals surface area contributed by atoms with Crippen LogP contribution in [0.15, 0.2) is 24.3 Å². The third kappa shape index (κ3) is 4.98. The number of nitrogens with one attached hydrogen (secondary N) is 1. The van der Waals surface area contributed by atoms with Crippen LogP contribution in [-0.2, 0) is 9.59 Å². The molecule has 23 heavy (non-hydrogen) atoms. The molecule has 5 nitrogen and oxygen atoms in total. The Morgan fingerprint density at radius 3 is 2.48 bits per heavy atom. The molecule has 1 heterocycles. The summed E-state index contributed by atoms with van der Waals surface area (Å²) >= 11 is 0. The number of carbonyl (C=O) groups excluding carboxylic acids is 2. The lowest BCUT2D eigenvalue weighted by molar-refractivity contribution is -0.146. The van der Waals surface area contributed by atoms with E-state index in [0.29, 0.717) is 25.6 Å². The highest BCUT2D eigenvalue weighted by atomic mass is 16.2. The zero-order valence-corrected chi connectivity index (χ0v) is 14.3. The van der Waals surface area contributed by atoms with E-state index < -0.39 is 11.8 Å². The second-order valence-electron chi connectivity index (χ2n) is 6.56. The summed E-state index contributed by atoms with van der Waals surface area (Å²) in [4.78, 5) is 28.0. The number of anilines is 1. The zero-order valence-electron chi connectivity index (χ0n) is 14.3. The average molecular weight is 317 g/mol. The van der Waals surface area contributed by atoms with Gasteiger partial charge in [-0.15, -0.1) is 0 Å². The lowest BCUT2D eigenvalue weighted by atomic mass is 10.1. The average Bonchev–Trinajstić information content (AvgIpc) is 2.54. The van der Waals surface area contributed by atoms with Gasteiger partial charge in [0.05, 0.1) is 0 Å². The van der Waals surface area contributed by atoms with Crippen LogP contribution in [0.4, 0.5) is 5.69 Å². The zero-order chi connectivity index (χ0) is 16.8. The summed E-state index contributed by atoms with van der Waals surface area (Å²) in [7, 11) is 0. The molecule has 1 saturated heterocycles. The van der Waals surface area contributed by atoms with E-state index in [2.05, 4.69) is 49.2 Å². The maximum absolute atomic E-state index is 12.2. The number of benzene rings is 1. The van der Waals surface area contributed by atoms with Crippen LogP contribution in [0.1, 0.15) is 25.8 Å². The molecule has 1 fully saturated rings. The number of carbonyl (C=O) groups is 2. The number of rotatable bonds is 4. The summed E-state index contributed by atoms with van der Waals surface area (Å²) in [6.45, 7) is 9.52. The van der Waals surface area contributed by atoms with Gasteiger partial charge in [-0.05, 0) is 37.0 Å². The van der Waals surface area contributed by atoms with E-state index in [9.17, 15) is 9.59 Å². The minimum atomic E-state index is -0.477. The normalized spacial score (nSPS) is 15.0. The fourth-order valence-corrected chi connectivity index (χ4v) is 2.69. The summed E-state index contributed by atoms with van der Waals surface area (Å²) in [6, 6.07) is 8.36. The molecule has 126 valence electrons. The van der Waals surface area contributed by atoms with Crippen LogP contribution in [0.5, 0.6) is 0 Å². The minimum Gasteiger partial charge on any atom is -0.368 e. The van der Waals surface area contributed by atoms with Gasteiger partial charge in [0, 0.05) is 38.4 Å². The van der Waals surface area contributed by atoms with E-state index in [1.807, 2.05) is 6.07 Å². The van der Waals surface area contributed by atoms with Crippen molar-refractivity contribution in [2.45, 2.75) is 27.2 Å². The van der Waals surface area contributed by atoms with Gasteiger partial charge in [0.1, 0.15) is 0 Å². The fourth-order valence-electron chi connectivity index (χ4n) is 2.69. The Balaban J connectivity index is 1.81. The van der Waals surface area contributed by atoms with Gasteiger partial charge in [-0.3, -0.25) is 9.59 Å². The van der Waals surface area contributed by atoms with Crippen LogP contribution >= 0.6 is 0 Å². The van der Waals surface area contributed by atoms with Gasteiger partial charge < -0.3 is 15.1 Å². The molecule has 0 atom stereocenters. The molecule has 5 heteroatoms. The number of amides is 2. The van der Waals surface area contributed by atoms with Crippen molar-refractivity contribution in [3.63, 3.8) is 0 Å². The van der Waals surface area contributed by atoms with Gasteiger partial charge >= 0.3 is 11.8 Å². The van der Waals surface area contributed by atoms with E-state index in [-0.39, 0.29) is 0 Å². The third-order valence-electron chi connectivity index (χ3n) is 4.14. The van der Waals surface area contributed by atoms with E-state index in [0.717, 1.165) is 19.5 Å². The quantitative estimate of drug-likeness (QED) is 0.862. The Kier molecular flexibility index (Phi) is 6.02. The van der Waals surface area contributed by atoms with Gasteiger partial charge in [0.2, 0.25) is 0 Å². The molecule has 1 aliphatic heterocycles. The Morgan fingerprint density at radius 2 is 1.87 bits per heavy atom. The summed E-state index contributed by atoms with van der Waals surface area (Å²) < 4.78 is 0. The van der Waals surface area contributed by atoms with Gasteiger partial charge in [0.15, 0.2) is 0 Å². The number of nitrogens with zero attached hydrogens (tertiary/aromatic N) is 2. The highest BCUT2D eigenvalue weighted by Crippen LogP contribution is 2.17. The second-order valence-corrected chi connectivity index (χ2v) is 6.56. The van der Waals surface area contributed by atoms with Gasteiger partial charge in [-0.2, -0.15) is 0 Å². The van der Waals surface area contributed by atoms with Crippen molar-refractivity contribution in [1.29, 1.82) is 0 Å². The molecule has 0 unspecified atom stereocenters. The van der Waals surface area contributed by atoms with Crippen molar-refractivity contribution in [1.82, 2.24) is 10.2 Å². The monoisotopic (exact) mass is 317 g/mol. The topological polar surface area (TPSA) is 52.7 Å². The lowest BCUT2D eigenvalue weighted by Gasteiger charge is -2.35. The summed E-state index contributed by atoms with van der Waals surface area (Å²) in [5.41, 5.74) is 2.41.